The van der Waals surface area contributed by atoms with Crippen LogP contribution in [-0.2, 0) is 0 Å². The first-order chi connectivity index (χ1) is 9.69. The lowest BCUT2D eigenvalue weighted by molar-refractivity contribution is 0.390. The number of fused-ring (bicyclic) bond motifs is 2. The highest BCUT2D eigenvalue weighted by molar-refractivity contribution is 7.80. The average molecular weight is 288 g/mol. The van der Waals surface area contributed by atoms with Gasteiger partial charge >= 0.3 is 0 Å². The summed E-state index contributed by atoms with van der Waals surface area (Å²) in [6.45, 7) is 5.23. The van der Waals surface area contributed by atoms with Crippen LogP contribution in [0.15, 0.2) is 24.3 Å². The molecule has 2 nitrogen and oxygen atoms in total. The second-order valence-corrected chi connectivity index (χ2v) is 6.65. The topological polar surface area (TPSA) is 15.3 Å². The molecule has 2 saturated carbocycles. The van der Waals surface area contributed by atoms with Crippen molar-refractivity contribution in [3.05, 3.63) is 29.8 Å². The van der Waals surface area contributed by atoms with Crippen LogP contribution in [-0.4, -0.2) is 17.7 Å². The van der Waals surface area contributed by atoms with Crippen molar-refractivity contribution in [2.24, 2.45) is 11.8 Å². The Labute approximate surface area is 127 Å². The lowest BCUT2D eigenvalue weighted by Gasteiger charge is -2.31. The molecule has 1 aromatic carbocycles. The number of nitrogens with one attached hydrogen (secondary N) is 1. The highest BCUT2D eigenvalue weighted by Gasteiger charge is 2.40. The van der Waals surface area contributed by atoms with Gasteiger partial charge in [0, 0.05) is 18.3 Å². The van der Waals surface area contributed by atoms with Crippen molar-refractivity contribution in [3.8, 4) is 0 Å². The van der Waals surface area contributed by atoms with Crippen molar-refractivity contribution < 1.29 is 0 Å². The Hall–Kier alpha value is -1.09. The second-order valence-electron chi connectivity index (χ2n) is 6.26. The van der Waals surface area contributed by atoms with Gasteiger partial charge in [0.15, 0.2) is 5.11 Å². The molecule has 3 heteroatoms. The number of nitrogens with zero attached hydrogens (tertiary/aromatic N) is 1. The van der Waals surface area contributed by atoms with Crippen molar-refractivity contribution in [2.45, 2.75) is 45.6 Å². The van der Waals surface area contributed by atoms with Crippen LogP contribution in [0.4, 0.5) is 5.69 Å². The minimum atomic E-state index is 0.610. The third-order valence-corrected chi connectivity index (χ3v) is 5.35. The molecule has 108 valence electrons. The Kier molecular flexibility index (Phi) is 3.97. The first kappa shape index (κ1) is 13.9. The normalized spacial score (nSPS) is 27.6. The maximum atomic E-state index is 5.68. The lowest BCUT2D eigenvalue weighted by Crippen LogP contribution is -2.46. The summed E-state index contributed by atoms with van der Waals surface area (Å²) in [5, 5.41) is 4.55. The van der Waals surface area contributed by atoms with Gasteiger partial charge in [-0.15, -0.1) is 0 Å². The van der Waals surface area contributed by atoms with Gasteiger partial charge < -0.3 is 10.2 Å². The first-order valence-corrected chi connectivity index (χ1v) is 8.23. The van der Waals surface area contributed by atoms with Crippen LogP contribution in [0.1, 0.15) is 38.2 Å². The number of hydrogen-bond donors (Lipinski definition) is 1. The fourth-order valence-corrected chi connectivity index (χ4v) is 4.33. The third-order valence-electron chi connectivity index (χ3n) is 5.01. The van der Waals surface area contributed by atoms with Crippen LogP contribution in [0.25, 0.3) is 0 Å². The minimum absolute atomic E-state index is 0.610. The zero-order chi connectivity index (χ0) is 14.1. The molecule has 2 fully saturated rings. The zero-order valence-corrected chi connectivity index (χ0v) is 13.2. The molecule has 0 aromatic heterocycles. The lowest BCUT2D eigenvalue weighted by atomic mass is 9.95. The van der Waals surface area contributed by atoms with E-state index in [0.29, 0.717) is 6.04 Å². The van der Waals surface area contributed by atoms with E-state index >= 15 is 0 Å². The SMILES string of the molecule is CCN(C(=S)N[C@@H]1C[C@@H]2CC[C@@H]1C2)c1ccccc1C. The van der Waals surface area contributed by atoms with Gasteiger partial charge in [-0.1, -0.05) is 24.6 Å². The molecule has 3 rings (SSSR count). The molecule has 0 amide bonds. The summed E-state index contributed by atoms with van der Waals surface area (Å²) in [6, 6.07) is 9.09. The maximum absolute atomic E-state index is 5.68. The van der Waals surface area contributed by atoms with Gasteiger partial charge in [-0.2, -0.15) is 0 Å². The molecule has 1 N–H and O–H groups in total. The standard InChI is InChI=1S/C17H24N2S/c1-3-19(16-7-5-4-6-12(16)2)17(20)18-15-11-13-8-9-14(15)10-13/h4-7,13-15H,3,8-11H2,1-2H3,(H,18,20)/t13-,14-,15-/m1/s1. The van der Waals surface area contributed by atoms with Crippen molar-refractivity contribution in [1.82, 2.24) is 5.32 Å². The van der Waals surface area contributed by atoms with E-state index in [1.54, 1.807) is 0 Å². The van der Waals surface area contributed by atoms with Gasteiger partial charge in [0.05, 0.1) is 0 Å². The Balaban J connectivity index is 1.70. The molecule has 0 aliphatic heterocycles. The van der Waals surface area contributed by atoms with Gasteiger partial charge in [0.1, 0.15) is 0 Å². The highest BCUT2D eigenvalue weighted by atomic mass is 32.1. The predicted octanol–water partition coefficient (Wildman–Crippen LogP) is 3.88. The van der Waals surface area contributed by atoms with Crippen molar-refractivity contribution in [2.75, 3.05) is 11.4 Å². The third kappa shape index (κ3) is 2.56. The molecule has 2 aliphatic rings. The van der Waals surface area contributed by atoms with E-state index < -0.39 is 0 Å². The van der Waals surface area contributed by atoms with Gasteiger partial charge in [-0.3, -0.25) is 0 Å². The maximum Gasteiger partial charge on any atom is 0.173 e. The fourth-order valence-electron chi connectivity index (χ4n) is 3.95. The Morgan fingerprint density at radius 1 is 1.30 bits per heavy atom. The van der Waals surface area contributed by atoms with Crippen LogP contribution in [0.3, 0.4) is 0 Å². The van der Waals surface area contributed by atoms with E-state index in [1.807, 2.05) is 0 Å². The van der Waals surface area contributed by atoms with Crippen LogP contribution < -0.4 is 10.2 Å². The molecule has 20 heavy (non-hydrogen) atoms. The van der Waals surface area contributed by atoms with E-state index in [1.165, 1.54) is 36.9 Å². The van der Waals surface area contributed by atoms with Crippen LogP contribution in [0.2, 0.25) is 0 Å². The number of thiocarbonyl (C=S) groups is 1. The summed E-state index contributed by atoms with van der Waals surface area (Å²) >= 11 is 5.68. The number of hydrogen-bond acceptors (Lipinski definition) is 1. The van der Waals surface area contributed by atoms with E-state index in [-0.39, 0.29) is 0 Å². The Morgan fingerprint density at radius 2 is 2.10 bits per heavy atom. The molecule has 0 heterocycles. The van der Waals surface area contributed by atoms with Gasteiger partial charge in [0.25, 0.3) is 0 Å². The number of anilines is 1. The molecule has 0 saturated heterocycles. The summed E-state index contributed by atoms with van der Waals surface area (Å²) in [5.41, 5.74) is 2.52. The second kappa shape index (κ2) is 5.72. The predicted molar refractivity (Wildman–Crippen MR) is 89.2 cm³/mol. The quantitative estimate of drug-likeness (QED) is 0.850. The summed E-state index contributed by atoms with van der Waals surface area (Å²) in [4.78, 5) is 2.23. The first-order valence-electron chi connectivity index (χ1n) is 7.82. The van der Waals surface area contributed by atoms with Crippen LogP contribution in [0.5, 0.6) is 0 Å². The van der Waals surface area contributed by atoms with Crippen molar-refractivity contribution in [3.63, 3.8) is 0 Å². The van der Waals surface area contributed by atoms with Gasteiger partial charge in [-0.25, -0.2) is 0 Å². The van der Waals surface area contributed by atoms with Crippen molar-refractivity contribution in [1.29, 1.82) is 0 Å². The molecule has 1 aromatic rings. The largest absolute Gasteiger partial charge is 0.359 e. The number of aryl methyl sites for hydroxylation is 1. The number of benzene rings is 1. The highest BCUT2D eigenvalue weighted by Crippen LogP contribution is 2.44. The Morgan fingerprint density at radius 3 is 2.70 bits per heavy atom. The summed E-state index contributed by atoms with van der Waals surface area (Å²) in [7, 11) is 0. The average Bonchev–Trinajstić information content (AvgIpc) is 3.04. The minimum Gasteiger partial charge on any atom is -0.359 e. The molecule has 0 spiro atoms. The molecule has 3 atom stereocenters. The Bertz CT molecular complexity index is 500. The molecular formula is C17H24N2S. The number of rotatable bonds is 3. The van der Waals surface area contributed by atoms with Gasteiger partial charge in [0.2, 0.25) is 0 Å². The fraction of sp³-hybridized carbons (Fsp3) is 0.588. The summed E-state index contributed by atoms with van der Waals surface area (Å²) < 4.78 is 0. The monoisotopic (exact) mass is 288 g/mol. The smallest absolute Gasteiger partial charge is 0.173 e. The van der Waals surface area contributed by atoms with Gasteiger partial charge in [-0.05, 0) is 68.8 Å². The molecule has 0 unspecified atom stereocenters. The molecule has 0 radical (unpaired) electrons. The molecular weight excluding hydrogens is 264 g/mol. The van der Waals surface area contributed by atoms with E-state index in [0.717, 1.165) is 23.5 Å². The summed E-state index contributed by atoms with van der Waals surface area (Å²) in [6.07, 6.45) is 5.55. The van der Waals surface area contributed by atoms with E-state index in [9.17, 15) is 0 Å². The molecule has 2 bridgehead atoms. The van der Waals surface area contributed by atoms with Crippen molar-refractivity contribution >= 4 is 23.0 Å². The van der Waals surface area contributed by atoms with E-state index in [4.69, 9.17) is 12.2 Å². The summed E-state index contributed by atoms with van der Waals surface area (Å²) in [5.74, 6) is 1.81. The van der Waals surface area contributed by atoms with E-state index in [2.05, 4.69) is 48.3 Å². The zero-order valence-electron chi connectivity index (χ0n) is 12.4. The number of para-hydroxylation sites is 1. The molecule has 2 aliphatic carbocycles. The van der Waals surface area contributed by atoms with Crippen LogP contribution in [0, 0.1) is 18.8 Å². The van der Waals surface area contributed by atoms with Crippen LogP contribution >= 0.6 is 12.2 Å².